The molecule has 2 aromatic heterocycles. The van der Waals surface area contributed by atoms with Gasteiger partial charge in [0, 0.05) is 44.5 Å². The summed E-state index contributed by atoms with van der Waals surface area (Å²) < 4.78 is 12.5. The number of nitrogens with one attached hydrogen (secondary N) is 1. The Morgan fingerprint density at radius 1 is 1.33 bits per heavy atom. The second kappa shape index (κ2) is 8.74. The maximum absolute atomic E-state index is 8.72. The molecule has 0 spiro atoms. The molecule has 2 rings (SSSR count). The van der Waals surface area contributed by atoms with Crippen LogP contribution in [-0.2, 0) is 22.6 Å². The van der Waals surface area contributed by atoms with Crippen molar-refractivity contribution in [1.29, 1.82) is 0 Å². The third-order valence-electron chi connectivity index (χ3n) is 3.23. The Bertz CT molecular complexity index is 496. The number of aliphatic hydroxyl groups is 1. The van der Waals surface area contributed by atoms with Crippen LogP contribution in [0.1, 0.15) is 5.56 Å². The quantitative estimate of drug-likeness (QED) is 0.634. The van der Waals surface area contributed by atoms with Crippen molar-refractivity contribution in [3.8, 4) is 0 Å². The first-order valence-corrected chi connectivity index (χ1v) is 7.18. The lowest BCUT2D eigenvalue weighted by Gasteiger charge is -2.04. The average molecular weight is 293 g/mol. The first kappa shape index (κ1) is 15.9. The van der Waals surface area contributed by atoms with E-state index in [-0.39, 0.29) is 6.61 Å². The smallest absolute Gasteiger partial charge is 0.140 e. The van der Waals surface area contributed by atoms with Gasteiger partial charge in [0.15, 0.2) is 0 Å². The SMILES string of the molecule is COCCNCc1cn(CCOCCO)c2ncccc12. The number of aromatic nitrogens is 2. The summed E-state index contributed by atoms with van der Waals surface area (Å²) in [5, 5.41) is 13.2. The highest BCUT2D eigenvalue weighted by molar-refractivity contribution is 5.80. The Balaban J connectivity index is 2.03. The lowest BCUT2D eigenvalue weighted by atomic mass is 10.2. The minimum absolute atomic E-state index is 0.0549. The van der Waals surface area contributed by atoms with E-state index in [1.807, 2.05) is 6.07 Å². The van der Waals surface area contributed by atoms with Crippen LogP contribution >= 0.6 is 0 Å². The zero-order valence-corrected chi connectivity index (χ0v) is 12.4. The molecule has 0 aromatic carbocycles. The minimum atomic E-state index is 0.0549. The molecule has 0 amide bonds. The van der Waals surface area contributed by atoms with Gasteiger partial charge in [-0.05, 0) is 17.7 Å². The standard InChI is InChI=1S/C15H23N3O3/c1-20-8-5-16-11-13-12-18(6-9-21-10-7-19)15-14(13)3-2-4-17-15/h2-4,12,16,19H,5-11H2,1H3. The van der Waals surface area contributed by atoms with Crippen LogP contribution in [0.2, 0.25) is 0 Å². The van der Waals surface area contributed by atoms with Crippen molar-refractivity contribution in [2.75, 3.05) is 40.1 Å². The van der Waals surface area contributed by atoms with Crippen LogP contribution < -0.4 is 5.32 Å². The maximum atomic E-state index is 8.72. The fourth-order valence-electron chi connectivity index (χ4n) is 2.23. The van der Waals surface area contributed by atoms with Gasteiger partial charge in [-0.25, -0.2) is 4.98 Å². The minimum Gasteiger partial charge on any atom is -0.394 e. The molecule has 0 aliphatic heterocycles. The molecule has 0 atom stereocenters. The normalized spacial score (nSPS) is 11.3. The van der Waals surface area contributed by atoms with Crippen LogP contribution in [0, 0.1) is 0 Å². The number of methoxy groups -OCH3 is 1. The molecule has 0 unspecified atom stereocenters. The van der Waals surface area contributed by atoms with Gasteiger partial charge in [-0.1, -0.05) is 0 Å². The first-order chi connectivity index (χ1) is 10.4. The maximum Gasteiger partial charge on any atom is 0.140 e. The molecule has 21 heavy (non-hydrogen) atoms. The predicted octanol–water partition coefficient (Wildman–Crippen LogP) is 0.781. The molecule has 2 heterocycles. The van der Waals surface area contributed by atoms with Crippen molar-refractivity contribution in [1.82, 2.24) is 14.9 Å². The van der Waals surface area contributed by atoms with Gasteiger partial charge >= 0.3 is 0 Å². The number of hydrogen-bond acceptors (Lipinski definition) is 5. The van der Waals surface area contributed by atoms with Gasteiger partial charge in [0.25, 0.3) is 0 Å². The zero-order chi connectivity index (χ0) is 14.9. The fraction of sp³-hybridized carbons (Fsp3) is 0.533. The van der Waals surface area contributed by atoms with Crippen molar-refractivity contribution >= 4 is 11.0 Å². The molecule has 0 aliphatic rings. The summed E-state index contributed by atoms with van der Waals surface area (Å²) in [5.41, 5.74) is 2.19. The van der Waals surface area contributed by atoms with E-state index in [4.69, 9.17) is 14.6 Å². The van der Waals surface area contributed by atoms with Gasteiger partial charge in [-0.2, -0.15) is 0 Å². The molecule has 2 aromatic rings. The van der Waals surface area contributed by atoms with Crippen LogP contribution in [0.4, 0.5) is 0 Å². The Hall–Kier alpha value is -1.47. The topological polar surface area (TPSA) is 68.5 Å². The first-order valence-electron chi connectivity index (χ1n) is 7.18. The summed E-state index contributed by atoms with van der Waals surface area (Å²) in [4.78, 5) is 4.45. The number of ether oxygens (including phenoxy) is 2. The molecular formula is C15H23N3O3. The van der Waals surface area contributed by atoms with E-state index in [0.29, 0.717) is 19.8 Å². The Labute approximate surface area is 124 Å². The van der Waals surface area contributed by atoms with Gasteiger partial charge in [0.2, 0.25) is 0 Å². The molecule has 0 saturated heterocycles. The number of rotatable bonds is 10. The van der Waals surface area contributed by atoms with Gasteiger partial charge < -0.3 is 24.5 Å². The number of pyridine rings is 1. The van der Waals surface area contributed by atoms with Gasteiger partial charge in [0.1, 0.15) is 5.65 Å². The van der Waals surface area contributed by atoms with Crippen molar-refractivity contribution in [3.05, 3.63) is 30.1 Å². The largest absolute Gasteiger partial charge is 0.394 e. The number of aliphatic hydroxyl groups excluding tert-OH is 1. The van der Waals surface area contributed by atoms with Crippen molar-refractivity contribution < 1.29 is 14.6 Å². The van der Waals surface area contributed by atoms with E-state index in [9.17, 15) is 0 Å². The van der Waals surface area contributed by atoms with Crippen LogP contribution in [0.25, 0.3) is 11.0 Å². The second-order valence-corrected chi connectivity index (χ2v) is 4.73. The van der Waals surface area contributed by atoms with Crippen LogP contribution in [0.3, 0.4) is 0 Å². The summed E-state index contributed by atoms with van der Waals surface area (Å²) in [7, 11) is 1.70. The number of fused-ring (bicyclic) bond motifs is 1. The highest BCUT2D eigenvalue weighted by Gasteiger charge is 2.08. The monoisotopic (exact) mass is 293 g/mol. The summed E-state index contributed by atoms with van der Waals surface area (Å²) >= 11 is 0. The molecule has 2 N–H and O–H groups in total. The molecular weight excluding hydrogens is 270 g/mol. The van der Waals surface area contributed by atoms with Crippen LogP contribution in [-0.4, -0.2) is 54.7 Å². The van der Waals surface area contributed by atoms with Gasteiger partial charge in [-0.15, -0.1) is 0 Å². The number of nitrogens with zero attached hydrogens (tertiary/aromatic N) is 2. The molecule has 116 valence electrons. The Morgan fingerprint density at radius 2 is 2.24 bits per heavy atom. The van der Waals surface area contributed by atoms with Gasteiger partial charge in [0.05, 0.1) is 26.4 Å². The summed E-state index contributed by atoms with van der Waals surface area (Å²) in [6.07, 6.45) is 3.91. The van der Waals surface area contributed by atoms with Gasteiger partial charge in [-0.3, -0.25) is 0 Å². The highest BCUT2D eigenvalue weighted by Crippen LogP contribution is 2.19. The predicted molar refractivity (Wildman–Crippen MR) is 81.2 cm³/mol. The van der Waals surface area contributed by atoms with Crippen LogP contribution in [0.5, 0.6) is 0 Å². The Kier molecular flexibility index (Phi) is 6.62. The fourth-order valence-corrected chi connectivity index (χ4v) is 2.23. The zero-order valence-electron chi connectivity index (χ0n) is 12.4. The van der Waals surface area contributed by atoms with E-state index in [2.05, 4.69) is 27.1 Å². The van der Waals surface area contributed by atoms with Crippen molar-refractivity contribution in [2.24, 2.45) is 0 Å². The van der Waals surface area contributed by atoms with E-state index in [1.54, 1.807) is 13.3 Å². The highest BCUT2D eigenvalue weighted by atomic mass is 16.5. The molecule has 0 aliphatic carbocycles. The lowest BCUT2D eigenvalue weighted by Crippen LogP contribution is -2.18. The Morgan fingerprint density at radius 3 is 3.05 bits per heavy atom. The molecule has 0 fully saturated rings. The van der Waals surface area contributed by atoms with E-state index < -0.39 is 0 Å². The summed E-state index contributed by atoms with van der Waals surface area (Å²) in [6.45, 7) is 4.03. The average Bonchev–Trinajstić information content (AvgIpc) is 2.87. The molecule has 0 bridgehead atoms. The van der Waals surface area contributed by atoms with Crippen molar-refractivity contribution in [2.45, 2.75) is 13.1 Å². The summed E-state index contributed by atoms with van der Waals surface area (Å²) in [5.74, 6) is 0. The second-order valence-electron chi connectivity index (χ2n) is 4.73. The molecule has 6 heteroatoms. The molecule has 6 nitrogen and oxygen atoms in total. The van der Waals surface area contributed by atoms with Crippen LogP contribution in [0.15, 0.2) is 24.5 Å². The van der Waals surface area contributed by atoms with E-state index in [0.717, 1.165) is 30.7 Å². The lowest BCUT2D eigenvalue weighted by molar-refractivity contribution is 0.0874. The summed E-state index contributed by atoms with van der Waals surface area (Å²) in [6, 6.07) is 4.04. The molecule has 0 saturated carbocycles. The third-order valence-corrected chi connectivity index (χ3v) is 3.23. The van der Waals surface area contributed by atoms with Crippen molar-refractivity contribution in [3.63, 3.8) is 0 Å². The number of hydrogen-bond donors (Lipinski definition) is 2. The van der Waals surface area contributed by atoms with E-state index in [1.165, 1.54) is 5.56 Å². The third kappa shape index (κ3) is 4.50. The van der Waals surface area contributed by atoms with E-state index >= 15 is 0 Å². The molecule has 0 radical (unpaired) electrons.